The zero-order chi connectivity index (χ0) is 14.8. The van der Waals surface area contributed by atoms with Gasteiger partial charge in [-0.1, -0.05) is 35.9 Å². The largest absolute Gasteiger partial charge is 0.456 e. The fourth-order valence-electron chi connectivity index (χ4n) is 2.27. The summed E-state index contributed by atoms with van der Waals surface area (Å²) in [5.41, 5.74) is 4.22. The Balaban J connectivity index is 1.76. The van der Waals surface area contributed by atoms with Crippen LogP contribution < -0.4 is 0 Å². The lowest BCUT2D eigenvalue weighted by Gasteiger charge is -2.03. The molecule has 0 aliphatic carbocycles. The topological polar surface area (TPSA) is 43.6 Å². The van der Waals surface area contributed by atoms with Gasteiger partial charge in [-0.3, -0.25) is 0 Å². The number of esters is 1. The zero-order valence-corrected chi connectivity index (χ0v) is 12.0. The van der Waals surface area contributed by atoms with Crippen LogP contribution in [0.1, 0.15) is 27.3 Å². The van der Waals surface area contributed by atoms with Crippen LogP contribution in [0.3, 0.4) is 0 Å². The van der Waals surface area contributed by atoms with Crippen molar-refractivity contribution in [2.24, 2.45) is 0 Å². The second-order valence-corrected chi connectivity index (χ2v) is 5.09. The van der Waals surface area contributed by atoms with E-state index in [-0.39, 0.29) is 6.61 Å². The van der Waals surface area contributed by atoms with E-state index < -0.39 is 5.97 Å². The summed E-state index contributed by atoms with van der Waals surface area (Å²) in [6.07, 6.45) is 1.71. The standard InChI is InChI=1S/C17H16N2O2/c1-12-5-3-7-14(9-12)11-21-17(20)15-10-19-13(2)6-4-8-16(19)18-15/h3-10H,11H2,1-2H3. The summed E-state index contributed by atoms with van der Waals surface area (Å²) in [5, 5.41) is 0. The molecule has 0 unspecified atom stereocenters. The minimum atomic E-state index is -0.403. The van der Waals surface area contributed by atoms with E-state index in [9.17, 15) is 4.79 Å². The number of fused-ring (bicyclic) bond motifs is 1. The van der Waals surface area contributed by atoms with E-state index in [4.69, 9.17) is 4.74 Å². The lowest BCUT2D eigenvalue weighted by molar-refractivity contribution is 0.0466. The highest BCUT2D eigenvalue weighted by Gasteiger charge is 2.13. The van der Waals surface area contributed by atoms with Gasteiger partial charge in [-0.25, -0.2) is 9.78 Å². The van der Waals surface area contributed by atoms with E-state index in [1.165, 1.54) is 0 Å². The third-order valence-corrected chi connectivity index (χ3v) is 3.36. The summed E-state index contributed by atoms with van der Waals surface area (Å²) in [6.45, 7) is 4.24. The smallest absolute Gasteiger partial charge is 0.358 e. The van der Waals surface area contributed by atoms with Crippen LogP contribution in [0.5, 0.6) is 0 Å². The number of aryl methyl sites for hydroxylation is 2. The van der Waals surface area contributed by atoms with Crippen LogP contribution in [-0.2, 0) is 11.3 Å². The highest BCUT2D eigenvalue weighted by Crippen LogP contribution is 2.11. The minimum absolute atomic E-state index is 0.257. The molecule has 0 atom stereocenters. The van der Waals surface area contributed by atoms with Crippen molar-refractivity contribution in [3.05, 3.63) is 71.2 Å². The van der Waals surface area contributed by atoms with Crippen LogP contribution in [0.25, 0.3) is 5.65 Å². The molecule has 4 nitrogen and oxygen atoms in total. The number of pyridine rings is 1. The second-order valence-electron chi connectivity index (χ2n) is 5.09. The molecule has 0 bridgehead atoms. The zero-order valence-electron chi connectivity index (χ0n) is 12.0. The maximum Gasteiger partial charge on any atom is 0.358 e. The number of rotatable bonds is 3. The first-order chi connectivity index (χ1) is 10.1. The average Bonchev–Trinajstić information content (AvgIpc) is 2.90. The third kappa shape index (κ3) is 2.79. The molecule has 0 spiro atoms. The molecule has 0 radical (unpaired) electrons. The fourth-order valence-corrected chi connectivity index (χ4v) is 2.27. The summed E-state index contributed by atoms with van der Waals surface area (Å²) in [4.78, 5) is 16.4. The molecule has 0 aliphatic rings. The average molecular weight is 280 g/mol. The minimum Gasteiger partial charge on any atom is -0.456 e. The molecule has 1 aromatic carbocycles. The second kappa shape index (κ2) is 5.40. The number of carbonyl (C=O) groups is 1. The predicted molar refractivity (Wildman–Crippen MR) is 80.2 cm³/mol. The van der Waals surface area contributed by atoms with Gasteiger partial charge in [0.15, 0.2) is 5.69 Å². The molecular weight excluding hydrogens is 264 g/mol. The van der Waals surface area contributed by atoms with E-state index in [1.54, 1.807) is 6.20 Å². The summed E-state index contributed by atoms with van der Waals surface area (Å²) in [7, 11) is 0. The van der Waals surface area contributed by atoms with Crippen LogP contribution in [-0.4, -0.2) is 15.4 Å². The van der Waals surface area contributed by atoms with Crippen molar-refractivity contribution < 1.29 is 9.53 Å². The predicted octanol–water partition coefficient (Wildman–Crippen LogP) is 3.31. The highest BCUT2D eigenvalue weighted by molar-refractivity contribution is 5.88. The van der Waals surface area contributed by atoms with E-state index in [2.05, 4.69) is 4.98 Å². The van der Waals surface area contributed by atoms with Crippen molar-refractivity contribution in [3.63, 3.8) is 0 Å². The van der Waals surface area contributed by atoms with Gasteiger partial charge >= 0.3 is 5.97 Å². The summed E-state index contributed by atoms with van der Waals surface area (Å²) in [5.74, 6) is -0.403. The Bertz CT molecular complexity index is 805. The maximum atomic E-state index is 12.1. The van der Waals surface area contributed by atoms with Gasteiger partial charge in [0.05, 0.1) is 0 Å². The Morgan fingerprint density at radius 1 is 1.19 bits per heavy atom. The third-order valence-electron chi connectivity index (χ3n) is 3.36. The monoisotopic (exact) mass is 280 g/mol. The highest BCUT2D eigenvalue weighted by atomic mass is 16.5. The quantitative estimate of drug-likeness (QED) is 0.691. The maximum absolute atomic E-state index is 12.1. The lowest BCUT2D eigenvalue weighted by Crippen LogP contribution is -2.05. The van der Waals surface area contributed by atoms with Crippen molar-refractivity contribution in [3.8, 4) is 0 Å². The van der Waals surface area contributed by atoms with Gasteiger partial charge in [0.1, 0.15) is 12.3 Å². The molecule has 0 fully saturated rings. The van der Waals surface area contributed by atoms with E-state index in [0.717, 1.165) is 22.5 Å². The molecular formula is C17H16N2O2. The van der Waals surface area contributed by atoms with Crippen molar-refractivity contribution in [1.82, 2.24) is 9.38 Å². The molecule has 0 saturated heterocycles. The first-order valence-corrected chi connectivity index (χ1v) is 6.81. The Morgan fingerprint density at radius 2 is 2.00 bits per heavy atom. The number of hydrogen-bond acceptors (Lipinski definition) is 3. The van der Waals surface area contributed by atoms with Crippen LogP contribution in [0.4, 0.5) is 0 Å². The number of nitrogens with zero attached hydrogens (tertiary/aromatic N) is 2. The Labute approximate surface area is 123 Å². The molecule has 3 aromatic rings. The van der Waals surface area contributed by atoms with Crippen molar-refractivity contribution in [2.45, 2.75) is 20.5 Å². The van der Waals surface area contributed by atoms with Crippen LogP contribution >= 0.6 is 0 Å². The normalized spacial score (nSPS) is 10.8. The Morgan fingerprint density at radius 3 is 2.76 bits per heavy atom. The van der Waals surface area contributed by atoms with Gasteiger partial charge in [0.2, 0.25) is 0 Å². The number of ether oxygens (including phenoxy) is 1. The molecule has 0 N–H and O–H groups in total. The van der Waals surface area contributed by atoms with E-state index >= 15 is 0 Å². The number of imidazole rings is 1. The van der Waals surface area contributed by atoms with Crippen LogP contribution in [0, 0.1) is 13.8 Å². The van der Waals surface area contributed by atoms with Crippen molar-refractivity contribution in [1.29, 1.82) is 0 Å². The molecule has 2 aromatic heterocycles. The Hall–Kier alpha value is -2.62. The van der Waals surface area contributed by atoms with Gasteiger partial charge in [-0.05, 0) is 31.5 Å². The molecule has 106 valence electrons. The number of hydrogen-bond donors (Lipinski definition) is 0. The molecule has 2 heterocycles. The first kappa shape index (κ1) is 13.4. The molecule has 0 amide bonds. The summed E-state index contributed by atoms with van der Waals surface area (Å²) >= 11 is 0. The molecule has 4 heteroatoms. The number of benzene rings is 1. The van der Waals surface area contributed by atoms with Gasteiger partial charge in [0.25, 0.3) is 0 Å². The molecule has 0 aliphatic heterocycles. The number of carbonyl (C=O) groups excluding carboxylic acids is 1. The van der Waals surface area contributed by atoms with Gasteiger partial charge < -0.3 is 9.14 Å². The molecule has 3 rings (SSSR count). The fraction of sp³-hybridized carbons (Fsp3) is 0.176. The van der Waals surface area contributed by atoms with Crippen molar-refractivity contribution >= 4 is 11.6 Å². The van der Waals surface area contributed by atoms with E-state index in [1.807, 2.05) is 60.7 Å². The first-order valence-electron chi connectivity index (χ1n) is 6.81. The van der Waals surface area contributed by atoms with Crippen LogP contribution in [0.2, 0.25) is 0 Å². The summed E-state index contributed by atoms with van der Waals surface area (Å²) < 4.78 is 7.20. The van der Waals surface area contributed by atoms with Crippen LogP contribution in [0.15, 0.2) is 48.7 Å². The molecule has 0 saturated carbocycles. The summed E-state index contributed by atoms with van der Waals surface area (Å²) in [6, 6.07) is 13.7. The SMILES string of the molecule is Cc1cccc(COC(=O)c2cn3c(C)cccc3n2)c1. The van der Waals surface area contributed by atoms with E-state index in [0.29, 0.717) is 5.69 Å². The molecule has 21 heavy (non-hydrogen) atoms. The number of aromatic nitrogens is 2. The van der Waals surface area contributed by atoms with Gasteiger partial charge in [-0.15, -0.1) is 0 Å². The van der Waals surface area contributed by atoms with Gasteiger partial charge in [-0.2, -0.15) is 0 Å². The Kier molecular flexibility index (Phi) is 3.44. The van der Waals surface area contributed by atoms with Gasteiger partial charge in [0, 0.05) is 11.9 Å². The lowest BCUT2D eigenvalue weighted by atomic mass is 10.1. The van der Waals surface area contributed by atoms with Crippen molar-refractivity contribution in [2.75, 3.05) is 0 Å².